The predicted octanol–water partition coefficient (Wildman–Crippen LogP) is 3.50. The van der Waals surface area contributed by atoms with E-state index in [4.69, 9.17) is 0 Å². The second-order valence-corrected chi connectivity index (χ2v) is 8.66. The fourth-order valence-corrected chi connectivity index (χ4v) is 3.64. The molecule has 0 saturated heterocycles. The van der Waals surface area contributed by atoms with Crippen LogP contribution in [-0.4, -0.2) is 48.4 Å². The lowest BCUT2D eigenvalue weighted by Crippen LogP contribution is -2.23. The van der Waals surface area contributed by atoms with Crippen LogP contribution in [-0.2, 0) is 30.7 Å². The first-order valence-corrected chi connectivity index (χ1v) is 12.3. The number of hydrogen-bond acceptors (Lipinski definition) is 8. The first kappa shape index (κ1) is 28.1. The normalized spacial score (nSPS) is 11.2. The third kappa shape index (κ3) is 9.15. The molecule has 0 spiro atoms. The Bertz CT molecular complexity index is 1410. The zero-order chi connectivity index (χ0) is 28.4. The SMILES string of the molecule is O=C(Cc1cccc(OC(F)(F)F)c1)Nc1ccc(CCCCn2cc(C(=O)NCc3ccccn3)nn2)nn1. The molecular formula is C26H25F3N8O3. The van der Waals surface area contributed by atoms with E-state index >= 15 is 0 Å². The van der Waals surface area contributed by atoms with Gasteiger partial charge in [-0.15, -0.1) is 23.4 Å². The molecule has 3 aromatic heterocycles. The van der Waals surface area contributed by atoms with Crippen molar-refractivity contribution in [3.63, 3.8) is 0 Å². The predicted molar refractivity (Wildman–Crippen MR) is 136 cm³/mol. The minimum atomic E-state index is -4.81. The highest BCUT2D eigenvalue weighted by Gasteiger charge is 2.31. The summed E-state index contributed by atoms with van der Waals surface area (Å²) in [6, 6.07) is 14.0. The van der Waals surface area contributed by atoms with E-state index in [9.17, 15) is 22.8 Å². The number of unbranched alkanes of at least 4 members (excludes halogenated alkanes) is 1. The first-order valence-electron chi connectivity index (χ1n) is 12.3. The molecule has 0 fully saturated rings. The fourth-order valence-electron chi connectivity index (χ4n) is 3.64. The smallest absolute Gasteiger partial charge is 0.406 e. The number of nitrogens with one attached hydrogen (secondary N) is 2. The van der Waals surface area contributed by atoms with Crippen LogP contribution >= 0.6 is 0 Å². The Morgan fingerprint density at radius 2 is 1.82 bits per heavy atom. The van der Waals surface area contributed by atoms with Crippen LogP contribution in [0.15, 0.2) is 67.0 Å². The van der Waals surface area contributed by atoms with Gasteiger partial charge >= 0.3 is 6.36 Å². The van der Waals surface area contributed by atoms with Crippen molar-refractivity contribution in [3.05, 3.63) is 89.6 Å². The highest BCUT2D eigenvalue weighted by atomic mass is 19.4. The van der Waals surface area contributed by atoms with Crippen LogP contribution in [0.3, 0.4) is 0 Å². The van der Waals surface area contributed by atoms with E-state index < -0.39 is 18.0 Å². The number of anilines is 1. The molecule has 0 aliphatic heterocycles. The number of carbonyl (C=O) groups is 2. The number of aryl methyl sites for hydroxylation is 2. The van der Waals surface area contributed by atoms with E-state index in [0.29, 0.717) is 25.1 Å². The number of aromatic nitrogens is 6. The number of rotatable bonds is 12. The summed E-state index contributed by atoms with van der Waals surface area (Å²) in [5.41, 5.74) is 2.05. The van der Waals surface area contributed by atoms with Crippen molar-refractivity contribution in [2.75, 3.05) is 5.32 Å². The third-order valence-corrected chi connectivity index (χ3v) is 5.48. The molecule has 0 aliphatic carbocycles. The molecule has 1 aromatic carbocycles. The van der Waals surface area contributed by atoms with Crippen molar-refractivity contribution in [3.8, 4) is 5.75 Å². The minimum Gasteiger partial charge on any atom is -0.406 e. The number of benzene rings is 1. The summed E-state index contributed by atoms with van der Waals surface area (Å²) in [6.45, 7) is 0.863. The summed E-state index contributed by atoms with van der Waals surface area (Å²) in [6.07, 6.45) is 0.451. The molecule has 0 unspecified atom stereocenters. The number of alkyl halides is 3. The number of nitrogens with zero attached hydrogens (tertiary/aromatic N) is 6. The monoisotopic (exact) mass is 554 g/mol. The molecule has 40 heavy (non-hydrogen) atoms. The standard InChI is InChI=1S/C26H25F3N8O3/c27-26(28,29)40-21-9-5-6-18(14-21)15-24(38)32-23-11-10-19(33-35-23)7-2-4-13-37-17-22(34-36-37)25(39)31-16-20-8-1-3-12-30-20/h1,3,5-6,8-12,14,17H,2,4,7,13,15-16H2,(H,31,39)(H,32,35,38). The van der Waals surface area contributed by atoms with Crippen LogP contribution in [0.4, 0.5) is 19.0 Å². The van der Waals surface area contributed by atoms with E-state index in [2.05, 4.69) is 40.9 Å². The Morgan fingerprint density at radius 3 is 2.58 bits per heavy atom. The number of carbonyl (C=O) groups excluding carboxylic acids is 2. The molecule has 0 aliphatic rings. The zero-order valence-corrected chi connectivity index (χ0v) is 21.1. The van der Waals surface area contributed by atoms with Gasteiger partial charge < -0.3 is 15.4 Å². The second kappa shape index (κ2) is 13.3. The highest BCUT2D eigenvalue weighted by Crippen LogP contribution is 2.23. The van der Waals surface area contributed by atoms with Gasteiger partial charge in [0.15, 0.2) is 11.5 Å². The van der Waals surface area contributed by atoms with Gasteiger partial charge in [0.2, 0.25) is 5.91 Å². The third-order valence-electron chi connectivity index (χ3n) is 5.48. The van der Waals surface area contributed by atoms with Crippen LogP contribution in [0.25, 0.3) is 0 Å². The topological polar surface area (TPSA) is 137 Å². The van der Waals surface area contributed by atoms with Crippen LogP contribution in [0, 0.1) is 0 Å². The van der Waals surface area contributed by atoms with Gasteiger partial charge in [0, 0.05) is 12.7 Å². The molecule has 11 nitrogen and oxygen atoms in total. The Hall–Kier alpha value is -4.88. The quantitative estimate of drug-likeness (QED) is 0.254. The summed E-state index contributed by atoms with van der Waals surface area (Å²) in [5, 5.41) is 21.3. The summed E-state index contributed by atoms with van der Waals surface area (Å²) in [7, 11) is 0. The van der Waals surface area contributed by atoms with E-state index in [-0.39, 0.29) is 23.8 Å². The lowest BCUT2D eigenvalue weighted by Gasteiger charge is -2.10. The maximum absolute atomic E-state index is 12.4. The van der Waals surface area contributed by atoms with Gasteiger partial charge in [0.05, 0.1) is 30.6 Å². The largest absolute Gasteiger partial charge is 0.573 e. The Balaban J connectivity index is 1.16. The number of halogens is 3. The van der Waals surface area contributed by atoms with Gasteiger partial charge in [-0.25, -0.2) is 0 Å². The molecule has 0 radical (unpaired) electrons. The zero-order valence-electron chi connectivity index (χ0n) is 21.1. The fraction of sp³-hybridized carbons (Fsp3) is 0.269. The molecule has 0 bridgehead atoms. The molecule has 2 N–H and O–H groups in total. The summed E-state index contributed by atoms with van der Waals surface area (Å²) >= 11 is 0. The Labute approximate surface area is 226 Å². The van der Waals surface area contributed by atoms with Crippen molar-refractivity contribution in [2.45, 2.75) is 45.1 Å². The summed E-state index contributed by atoms with van der Waals surface area (Å²) in [4.78, 5) is 28.7. The molecule has 4 rings (SSSR count). The van der Waals surface area contributed by atoms with Gasteiger partial charge in [0.1, 0.15) is 5.75 Å². The van der Waals surface area contributed by atoms with Crippen molar-refractivity contribution >= 4 is 17.6 Å². The van der Waals surface area contributed by atoms with Crippen molar-refractivity contribution in [1.29, 1.82) is 0 Å². The molecule has 4 aromatic rings. The molecule has 2 amide bonds. The van der Waals surface area contributed by atoms with Crippen LogP contribution in [0.5, 0.6) is 5.75 Å². The number of amides is 2. The van der Waals surface area contributed by atoms with Crippen molar-refractivity contribution in [2.24, 2.45) is 0 Å². The van der Waals surface area contributed by atoms with E-state index in [1.807, 2.05) is 12.1 Å². The van der Waals surface area contributed by atoms with Crippen molar-refractivity contribution in [1.82, 2.24) is 35.5 Å². The summed E-state index contributed by atoms with van der Waals surface area (Å²) < 4.78 is 42.6. The van der Waals surface area contributed by atoms with Gasteiger partial charge in [-0.05, 0) is 61.2 Å². The highest BCUT2D eigenvalue weighted by molar-refractivity contribution is 5.92. The van der Waals surface area contributed by atoms with Gasteiger partial charge in [0.25, 0.3) is 5.91 Å². The maximum atomic E-state index is 12.4. The summed E-state index contributed by atoms with van der Waals surface area (Å²) in [5.74, 6) is -0.951. The van der Waals surface area contributed by atoms with Gasteiger partial charge in [-0.2, -0.15) is 5.10 Å². The Kier molecular flexibility index (Phi) is 9.33. The lowest BCUT2D eigenvalue weighted by atomic mass is 10.1. The second-order valence-electron chi connectivity index (χ2n) is 8.66. The molecule has 208 valence electrons. The van der Waals surface area contributed by atoms with Crippen LogP contribution < -0.4 is 15.4 Å². The number of pyridine rings is 1. The average molecular weight is 555 g/mol. The molecule has 0 atom stereocenters. The first-order chi connectivity index (χ1) is 19.2. The average Bonchev–Trinajstić information content (AvgIpc) is 3.40. The van der Waals surface area contributed by atoms with Crippen LogP contribution in [0.2, 0.25) is 0 Å². The van der Waals surface area contributed by atoms with E-state index in [0.717, 1.165) is 36.4 Å². The number of ether oxygens (including phenoxy) is 1. The molecular weight excluding hydrogens is 529 g/mol. The molecule has 14 heteroatoms. The number of hydrogen-bond donors (Lipinski definition) is 2. The molecule has 3 heterocycles. The minimum absolute atomic E-state index is 0.158. The van der Waals surface area contributed by atoms with Crippen LogP contribution in [0.1, 0.15) is 40.3 Å². The maximum Gasteiger partial charge on any atom is 0.573 e. The van der Waals surface area contributed by atoms with E-state index in [1.54, 1.807) is 35.3 Å². The Morgan fingerprint density at radius 1 is 0.950 bits per heavy atom. The van der Waals surface area contributed by atoms with E-state index in [1.165, 1.54) is 12.1 Å². The lowest BCUT2D eigenvalue weighted by molar-refractivity contribution is -0.274. The van der Waals surface area contributed by atoms with Crippen molar-refractivity contribution < 1.29 is 27.5 Å². The van der Waals surface area contributed by atoms with Gasteiger partial charge in [-0.3, -0.25) is 19.3 Å². The molecule has 0 saturated carbocycles. The van der Waals surface area contributed by atoms with Gasteiger partial charge in [-0.1, -0.05) is 23.4 Å².